The number of benzene rings is 4. The van der Waals surface area contributed by atoms with Crippen LogP contribution in [0.1, 0.15) is 68.5 Å². The molecule has 2 heterocycles. The number of carboxylic acid groups (broad SMARTS) is 2. The molecule has 6 rings (SSSR count). The number of carboxylic acids is 2. The Kier molecular flexibility index (Phi) is 18.9. The van der Waals surface area contributed by atoms with Crippen molar-refractivity contribution in [2.45, 2.75) is 78.4 Å². The lowest BCUT2D eigenvalue weighted by Crippen LogP contribution is -2.28. The van der Waals surface area contributed by atoms with Gasteiger partial charge < -0.3 is 50.0 Å². The maximum Gasteiger partial charge on any atom is 0.306 e. The van der Waals surface area contributed by atoms with E-state index in [1.165, 1.54) is 0 Å². The van der Waals surface area contributed by atoms with Gasteiger partial charge in [-0.05, 0) is 94.8 Å². The van der Waals surface area contributed by atoms with Crippen LogP contribution in [-0.4, -0.2) is 67.6 Å². The lowest BCUT2D eigenvalue weighted by atomic mass is 9.92. The average Bonchev–Trinajstić information content (AvgIpc) is 3.33. The Morgan fingerprint density at radius 2 is 0.957 bits per heavy atom. The second-order valence-electron chi connectivity index (χ2n) is 16.2. The Morgan fingerprint density at radius 3 is 1.34 bits per heavy atom. The van der Waals surface area contributed by atoms with Crippen LogP contribution >= 0.6 is 23.2 Å². The summed E-state index contributed by atoms with van der Waals surface area (Å²) in [5.74, 6) is -1.62. The standard InChI is InChI=1S/C52H50Cl2N6O10/c1-31-37(29-69-51-45(53)17-39(23-57-25-41(61)19-47(63)64)49(59-51)67-27-35-9-3-7-33(15-35)21-55)11-5-13-43(31)44-14-6-12-38(32(44)2)30-70-52-46(54)18-40(24-58-26-42(62)20-48(65)66)50(60-52)68-28-36-10-4-8-34(16-36)22-56/h3-18,41-42,57-58,61-62H,19-20,23-30H2,1-2H3,(H,63,64)(H,65,66). The number of hydrogen-bond acceptors (Lipinski definition) is 14. The van der Waals surface area contributed by atoms with Crippen molar-refractivity contribution >= 4 is 35.1 Å². The second kappa shape index (κ2) is 25.4. The first-order chi connectivity index (χ1) is 33.7. The van der Waals surface area contributed by atoms with Crippen molar-refractivity contribution in [3.63, 3.8) is 0 Å². The highest BCUT2D eigenvalue weighted by Crippen LogP contribution is 2.35. The fourth-order valence-corrected chi connectivity index (χ4v) is 7.76. The number of ether oxygens (including phenoxy) is 4. The molecule has 70 heavy (non-hydrogen) atoms. The van der Waals surface area contributed by atoms with Gasteiger partial charge in [-0.1, -0.05) is 83.9 Å². The van der Waals surface area contributed by atoms with Gasteiger partial charge in [0.1, 0.15) is 36.5 Å². The molecule has 0 spiro atoms. The molecule has 2 unspecified atom stereocenters. The zero-order valence-electron chi connectivity index (χ0n) is 38.2. The van der Waals surface area contributed by atoms with E-state index in [1.54, 1.807) is 48.5 Å². The fourth-order valence-electron chi connectivity index (χ4n) is 7.31. The van der Waals surface area contributed by atoms with Gasteiger partial charge in [-0.15, -0.1) is 0 Å². The van der Waals surface area contributed by atoms with Gasteiger partial charge in [0.2, 0.25) is 23.5 Å². The van der Waals surface area contributed by atoms with E-state index in [2.05, 4.69) is 32.7 Å². The molecule has 362 valence electrons. The molecule has 0 amide bonds. The van der Waals surface area contributed by atoms with E-state index in [0.717, 1.165) is 44.5 Å². The van der Waals surface area contributed by atoms with Crippen molar-refractivity contribution in [2.75, 3.05) is 13.1 Å². The largest absolute Gasteiger partial charge is 0.481 e. The molecule has 18 heteroatoms. The van der Waals surface area contributed by atoms with E-state index in [9.17, 15) is 30.3 Å². The molecule has 6 N–H and O–H groups in total. The van der Waals surface area contributed by atoms with E-state index in [1.807, 2.05) is 62.4 Å². The lowest BCUT2D eigenvalue weighted by Gasteiger charge is -2.18. The molecular weight excluding hydrogens is 940 g/mol. The van der Waals surface area contributed by atoms with Crippen molar-refractivity contribution in [1.82, 2.24) is 20.6 Å². The third-order valence-corrected chi connectivity index (χ3v) is 11.5. The normalized spacial score (nSPS) is 11.8. The number of aliphatic hydroxyl groups is 2. The molecule has 0 saturated heterocycles. The SMILES string of the molecule is Cc1c(COc2nc(OCc3cccc(C#N)c3)c(CNCC(O)CC(=O)O)cc2Cl)cccc1-c1cccc(COc2nc(OCc3cccc(C#N)c3)c(CNCC(O)CC(=O)O)cc2Cl)c1C. The highest BCUT2D eigenvalue weighted by atomic mass is 35.5. The van der Waals surface area contributed by atoms with Crippen molar-refractivity contribution in [3.8, 4) is 46.8 Å². The van der Waals surface area contributed by atoms with Crippen molar-refractivity contribution in [1.29, 1.82) is 10.5 Å². The predicted molar refractivity (Wildman–Crippen MR) is 259 cm³/mol. The van der Waals surface area contributed by atoms with E-state index in [-0.39, 0.29) is 86.2 Å². The highest BCUT2D eigenvalue weighted by molar-refractivity contribution is 6.32. The monoisotopic (exact) mass is 988 g/mol. The van der Waals surface area contributed by atoms with Gasteiger partial charge >= 0.3 is 11.9 Å². The molecular formula is C52H50Cl2N6O10. The fraction of sp³-hybridized carbons (Fsp3) is 0.269. The first-order valence-electron chi connectivity index (χ1n) is 22.0. The Labute approximate surface area is 414 Å². The first-order valence-corrected chi connectivity index (χ1v) is 22.7. The van der Waals surface area contributed by atoms with E-state index in [0.29, 0.717) is 22.3 Å². The molecule has 2 aromatic heterocycles. The summed E-state index contributed by atoms with van der Waals surface area (Å²) in [4.78, 5) is 31.4. The number of nitriles is 2. The zero-order valence-corrected chi connectivity index (χ0v) is 39.8. The van der Waals surface area contributed by atoms with Gasteiger partial charge in [0, 0.05) is 37.3 Å². The van der Waals surface area contributed by atoms with Crippen molar-refractivity contribution in [3.05, 3.63) is 163 Å². The number of aliphatic hydroxyl groups excluding tert-OH is 2. The zero-order chi connectivity index (χ0) is 50.2. The van der Waals surface area contributed by atoms with Gasteiger partial charge in [0.15, 0.2) is 0 Å². The number of hydrogen-bond donors (Lipinski definition) is 6. The van der Waals surface area contributed by atoms with Crippen LogP contribution in [0.15, 0.2) is 97.1 Å². The molecule has 0 aliphatic carbocycles. The molecule has 0 aliphatic heterocycles. The van der Waals surface area contributed by atoms with Gasteiger partial charge in [-0.2, -0.15) is 20.5 Å². The molecule has 2 atom stereocenters. The molecule has 0 bridgehead atoms. The predicted octanol–water partition coefficient (Wildman–Crippen LogP) is 7.98. The topological polar surface area (TPSA) is 249 Å². The molecule has 16 nitrogen and oxygen atoms in total. The van der Waals surface area contributed by atoms with Gasteiger partial charge in [0.05, 0.1) is 48.3 Å². The van der Waals surface area contributed by atoms with E-state index >= 15 is 0 Å². The van der Waals surface area contributed by atoms with Crippen LogP contribution in [0.2, 0.25) is 10.0 Å². The number of nitrogens with zero attached hydrogens (tertiary/aromatic N) is 4. The first kappa shape index (κ1) is 52.1. The summed E-state index contributed by atoms with van der Waals surface area (Å²) in [6, 6.07) is 33.2. The second-order valence-corrected chi connectivity index (χ2v) is 17.0. The summed E-state index contributed by atoms with van der Waals surface area (Å²) >= 11 is 13.5. The molecule has 0 saturated carbocycles. The number of nitrogens with one attached hydrogen (secondary N) is 2. The van der Waals surface area contributed by atoms with Gasteiger partial charge in [0.25, 0.3) is 0 Å². The lowest BCUT2D eigenvalue weighted by molar-refractivity contribution is -0.140. The Hall–Kier alpha value is -7.28. The minimum Gasteiger partial charge on any atom is -0.481 e. The number of rotatable bonds is 25. The van der Waals surface area contributed by atoms with Gasteiger partial charge in [-0.25, -0.2) is 0 Å². The van der Waals surface area contributed by atoms with Crippen LogP contribution in [0, 0.1) is 36.5 Å². The van der Waals surface area contributed by atoms with Crippen LogP contribution in [0.25, 0.3) is 11.1 Å². The molecule has 0 aliphatic rings. The summed E-state index contributed by atoms with van der Waals surface area (Å²) in [5.41, 5.74) is 9.00. The number of carbonyl (C=O) groups is 2. The van der Waals surface area contributed by atoms with Crippen LogP contribution in [0.5, 0.6) is 23.5 Å². The summed E-state index contributed by atoms with van der Waals surface area (Å²) in [6.07, 6.45) is -3.06. The van der Waals surface area contributed by atoms with Crippen molar-refractivity contribution in [2.24, 2.45) is 0 Å². The number of pyridine rings is 2. The number of aliphatic carboxylic acids is 2. The third-order valence-electron chi connectivity index (χ3n) is 11.0. The minimum atomic E-state index is -1.12. The Balaban J connectivity index is 1.18. The van der Waals surface area contributed by atoms with Crippen LogP contribution in [0.4, 0.5) is 0 Å². The Morgan fingerprint density at radius 1 is 0.571 bits per heavy atom. The van der Waals surface area contributed by atoms with Crippen molar-refractivity contribution < 1.29 is 49.0 Å². The summed E-state index contributed by atoms with van der Waals surface area (Å²) in [7, 11) is 0. The van der Waals surface area contributed by atoms with Crippen LogP contribution in [0.3, 0.4) is 0 Å². The smallest absolute Gasteiger partial charge is 0.306 e. The third kappa shape index (κ3) is 14.9. The summed E-state index contributed by atoms with van der Waals surface area (Å²) in [6.45, 7) is 4.65. The van der Waals surface area contributed by atoms with E-state index in [4.69, 9.17) is 52.4 Å². The highest BCUT2D eigenvalue weighted by Gasteiger charge is 2.19. The summed E-state index contributed by atoms with van der Waals surface area (Å²) < 4.78 is 24.7. The Bertz CT molecular complexity index is 2710. The van der Waals surface area contributed by atoms with Crippen LogP contribution in [-0.2, 0) is 49.1 Å². The number of aromatic nitrogens is 2. The average molecular weight is 990 g/mol. The molecule has 6 aromatic rings. The minimum absolute atomic E-state index is 0.00142. The van der Waals surface area contributed by atoms with Gasteiger partial charge in [-0.3, -0.25) is 9.59 Å². The quantitative estimate of drug-likeness (QED) is 0.0318. The maximum absolute atomic E-state index is 11.0. The summed E-state index contributed by atoms with van der Waals surface area (Å²) in [5, 5.41) is 63.4. The number of halogens is 2. The van der Waals surface area contributed by atoms with Crippen LogP contribution < -0.4 is 29.6 Å². The molecule has 0 radical (unpaired) electrons. The molecule has 0 fully saturated rings. The van der Waals surface area contributed by atoms with E-state index < -0.39 is 37.0 Å². The maximum atomic E-state index is 11.0. The molecule has 4 aromatic carbocycles.